The monoisotopic (exact) mass is 467 g/mol. The van der Waals surface area contributed by atoms with E-state index in [9.17, 15) is 23.8 Å². The SMILES string of the molecule is O=CC1=C2C=COC=C2C=CC1(OCCC(O)NCc1cc(F)cc(F)c1)c1ccc(O)cc1. The average Bonchev–Trinajstić information content (AvgIpc) is 2.82. The van der Waals surface area contributed by atoms with Crippen LogP contribution in [0.4, 0.5) is 8.78 Å². The molecule has 2 unspecified atom stereocenters. The van der Waals surface area contributed by atoms with Crippen molar-refractivity contribution in [1.29, 1.82) is 0 Å². The molecule has 3 N–H and O–H groups in total. The fraction of sp³-hybridized carbons (Fsp3) is 0.192. The summed E-state index contributed by atoms with van der Waals surface area (Å²) in [6.07, 6.45) is 8.02. The van der Waals surface area contributed by atoms with Gasteiger partial charge in [0.2, 0.25) is 0 Å². The van der Waals surface area contributed by atoms with Crippen LogP contribution in [0.3, 0.4) is 0 Å². The number of hydrogen-bond acceptors (Lipinski definition) is 6. The molecular formula is C26H23F2NO5. The molecule has 1 heterocycles. The number of fused-ring (bicyclic) bond motifs is 1. The number of halogens is 2. The van der Waals surface area contributed by atoms with Gasteiger partial charge in [-0.05, 0) is 53.1 Å². The van der Waals surface area contributed by atoms with E-state index in [0.29, 0.717) is 27.8 Å². The molecule has 0 saturated heterocycles. The van der Waals surface area contributed by atoms with E-state index >= 15 is 0 Å². The third-order valence-electron chi connectivity index (χ3n) is 5.61. The molecule has 6 nitrogen and oxygen atoms in total. The van der Waals surface area contributed by atoms with E-state index in [1.807, 2.05) is 0 Å². The second-order valence-electron chi connectivity index (χ2n) is 7.88. The summed E-state index contributed by atoms with van der Waals surface area (Å²) < 4.78 is 38.1. The number of allylic oxidation sites excluding steroid dienone is 4. The fourth-order valence-corrected chi connectivity index (χ4v) is 3.95. The maximum Gasteiger partial charge on any atom is 0.150 e. The minimum absolute atomic E-state index is 0.0424. The summed E-state index contributed by atoms with van der Waals surface area (Å²) in [6, 6.07) is 9.47. The Labute approximate surface area is 195 Å². The molecule has 34 heavy (non-hydrogen) atoms. The molecular weight excluding hydrogens is 444 g/mol. The summed E-state index contributed by atoms with van der Waals surface area (Å²) >= 11 is 0. The van der Waals surface area contributed by atoms with Gasteiger partial charge < -0.3 is 19.7 Å². The quantitative estimate of drug-likeness (QED) is 0.383. The number of carbonyl (C=O) groups is 1. The summed E-state index contributed by atoms with van der Waals surface area (Å²) in [4.78, 5) is 12.2. The smallest absolute Gasteiger partial charge is 0.150 e. The Morgan fingerprint density at radius 3 is 2.56 bits per heavy atom. The number of rotatable bonds is 9. The van der Waals surface area contributed by atoms with Crippen molar-refractivity contribution in [3.05, 3.63) is 113 Å². The van der Waals surface area contributed by atoms with Crippen LogP contribution in [0.1, 0.15) is 17.5 Å². The number of aromatic hydroxyl groups is 1. The largest absolute Gasteiger partial charge is 0.508 e. The van der Waals surface area contributed by atoms with Crippen molar-refractivity contribution >= 4 is 6.29 Å². The number of aldehydes is 1. The second kappa shape index (κ2) is 10.1. The van der Waals surface area contributed by atoms with E-state index in [1.165, 1.54) is 36.8 Å². The van der Waals surface area contributed by atoms with Crippen LogP contribution in [0.2, 0.25) is 0 Å². The maximum absolute atomic E-state index is 13.4. The molecule has 4 rings (SSSR count). The number of carbonyl (C=O) groups excluding carboxylic acids is 1. The van der Waals surface area contributed by atoms with Gasteiger partial charge in [-0.3, -0.25) is 10.1 Å². The Hall–Kier alpha value is -3.59. The van der Waals surface area contributed by atoms with Crippen molar-refractivity contribution < 1.29 is 33.3 Å². The molecule has 1 aliphatic heterocycles. The van der Waals surface area contributed by atoms with Crippen LogP contribution in [-0.2, 0) is 26.4 Å². The van der Waals surface area contributed by atoms with Gasteiger partial charge in [0.15, 0.2) is 0 Å². The van der Waals surface area contributed by atoms with Gasteiger partial charge in [-0.1, -0.05) is 18.2 Å². The van der Waals surface area contributed by atoms with Gasteiger partial charge in [0.05, 0.1) is 19.1 Å². The second-order valence-corrected chi connectivity index (χ2v) is 7.88. The first-order chi connectivity index (χ1) is 16.4. The van der Waals surface area contributed by atoms with E-state index in [2.05, 4.69) is 5.32 Å². The molecule has 1 aliphatic carbocycles. The molecule has 0 aromatic heterocycles. The standard InChI is InChI=1S/C26H23F2NO5/c27-20-11-17(12-21(28)13-20)14-29-25(32)7-10-34-26(19-1-3-22(31)4-2-19)8-5-18-16-33-9-6-23(18)24(26)15-30/h1-6,8-9,11-13,15-16,25,29,31-32H,7,10,14H2. The van der Waals surface area contributed by atoms with Crippen molar-refractivity contribution in [3.63, 3.8) is 0 Å². The average molecular weight is 467 g/mol. The number of phenols is 1. The lowest BCUT2D eigenvalue weighted by Crippen LogP contribution is -2.36. The van der Waals surface area contributed by atoms with E-state index in [4.69, 9.17) is 9.47 Å². The minimum Gasteiger partial charge on any atom is -0.508 e. The molecule has 176 valence electrons. The van der Waals surface area contributed by atoms with Gasteiger partial charge in [-0.25, -0.2) is 8.78 Å². The topological polar surface area (TPSA) is 88.0 Å². The van der Waals surface area contributed by atoms with Crippen LogP contribution in [0.25, 0.3) is 0 Å². The first kappa shape index (κ1) is 23.6. The summed E-state index contributed by atoms with van der Waals surface area (Å²) in [5.41, 5.74) is 1.42. The molecule has 0 amide bonds. The molecule has 2 aromatic rings. The highest BCUT2D eigenvalue weighted by atomic mass is 19.1. The van der Waals surface area contributed by atoms with Crippen LogP contribution in [0.15, 0.2) is 89.9 Å². The minimum atomic E-state index is -1.25. The van der Waals surface area contributed by atoms with Gasteiger partial charge in [0.25, 0.3) is 0 Å². The summed E-state index contributed by atoms with van der Waals surface area (Å²) in [5.74, 6) is -1.32. The molecule has 0 spiro atoms. The normalized spacial score (nSPS) is 19.9. The molecule has 2 aliphatic rings. The third-order valence-corrected chi connectivity index (χ3v) is 5.61. The molecule has 0 saturated carbocycles. The van der Waals surface area contributed by atoms with Crippen molar-refractivity contribution in [2.45, 2.75) is 24.8 Å². The zero-order valence-corrected chi connectivity index (χ0v) is 18.1. The van der Waals surface area contributed by atoms with Crippen LogP contribution >= 0.6 is 0 Å². The molecule has 8 heteroatoms. The fourth-order valence-electron chi connectivity index (χ4n) is 3.95. The van der Waals surface area contributed by atoms with Gasteiger partial charge in [0, 0.05) is 30.2 Å². The predicted octanol–water partition coefficient (Wildman–Crippen LogP) is 3.87. The van der Waals surface area contributed by atoms with Crippen LogP contribution in [0.5, 0.6) is 5.75 Å². The highest BCUT2D eigenvalue weighted by Crippen LogP contribution is 2.43. The predicted molar refractivity (Wildman–Crippen MR) is 120 cm³/mol. The Morgan fingerprint density at radius 1 is 1.12 bits per heavy atom. The van der Waals surface area contributed by atoms with Crippen molar-refractivity contribution in [2.24, 2.45) is 0 Å². The van der Waals surface area contributed by atoms with Crippen molar-refractivity contribution in [1.82, 2.24) is 5.32 Å². The first-order valence-corrected chi connectivity index (χ1v) is 10.6. The lowest BCUT2D eigenvalue weighted by Gasteiger charge is -2.36. The van der Waals surface area contributed by atoms with E-state index in [0.717, 1.165) is 12.4 Å². The Bertz CT molecular complexity index is 1170. The number of aliphatic hydroxyl groups is 1. The van der Waals surface area contributed by atoms with Crippen molar-refractivity contribution in [3.8, 4) is 5.75 Å². The lowest BCUT2D eigenvalue weighted by atomic mass is 9.77. The van der Waals surface area contributed by atoms with E-state index in [1.54, 1.807) is 30.4 Å². The highest BCUT2D eigenvalue weighted by molar-refractivity contribution is 5.84. The number of ether oxygens (including phenoxy) is 2. The molecule has 0 radical (unpaired) electrons. The maximum atomic E-state index is 13.4. The van der Waals surface area contributed by atoms with Gasteiger partial charge >= 0.3 is 0 Å². The lowest BCUT2D eigenvalue weighted by molar-refractivity contribution is -0.107. The number of phenolic OH excluding ortho intramolecular Hbond substituents is 1. The highest BCUT2D eigenvalue weighted by Gasteiger charge is 2.40. The summed E-state index contributed by atoms with van der Waals surface area (Å²) in [5, 5.41) is 22.8. The van der Waals surface area contributed by atoms with Gasteiger partial charge in [-0.15, -0.1) is 0 Å². The number of nitrogens with one attached hydrogen (secondary N) is 1. The Balaban J connectivity index is 1.51. The molecule has 0 fully saturated rings. The third kappa shape index (κ3) is 4.99. The van der Waals surface area contributed by atoms with Crippen LogP contribution < -0.4 is 5.32 Å². The van der Waals surface area contributed by atoms with E-state index in [-0.39, 0.29) is 25.3 Å². The van der Waals surface area contributed by atoms with Crippen LogP contribution in [0, 0.1) is 11.6 Å². The number of benzene rings is 2. The zero-order valence-electron chi connectivity index (χ0n) is 18.1. The zero-order chi connectivity index (χ0) is 24.1. The van der Waals surface area contributed by atoms with E-state index < -0.39 is 23.5 Å². The molecule has 2 aromatic carbocycles. The number of hydrogen-bond donors (Lipinski definition) is 3. The van der Waals surface area contributed by atoms with Crippen molar-refractivity contribution in [2.75, 3.05) is 6.61 Å². The number of aliphatic hydroxyl groups excluding tert-OH is 1. The summed E-state index contributed by atoms with van der Waals surface area (Å²) in [7, 11) is 0. The Kier molecular flexibility index (Phi) is 7.02. The first-order valence-electron chi connectivity index (χ1n) is 10.6. The molecule has 2 atom stereocenters. The molecule has 0 bridgehead atoms. The Morgan fingerprint density at radius 2 is 1.85 bits per heavy atom. The van der Waals surface area contributed by atoms with Crippen LogP contribution in [-0.4, -0.2) is 29.3 Å². The van der Waals surface area contributed by atoms with Gasteiger partial charge in [-0.2, -0.15) is 0 Å². The van der Waals surface area contributed by atoms with Gasteiger partial charge in [0.1, 0.15) is 35.5 Å². The summed E-state index contributed by atoms with van der Waals surface area (Å²) in [6.45, 7) is 0.0994.